The van der Waals surface area contributed by atoms with E-state index in [9.17, 15) is 0 Å². The lowest BCUT2D eigenvalue weighted by atomic mass is 10.3. The smallest absolute Gasteiger partial charge is 0.151 e. The SMILES string of the molecule is COc1cccc(N(C)c2cncc(CNC3CC3)n2)c1. The van der Waals surface area contributed by atoms with Crippen molar-refractivity contribution in [2.45, 2.75) is 25.4 Å². The highest BCUT2D eigenvalue weighted by molar-refractivity contribution is 5.60. The summed E-state index contributed by atoms with van der Waals surface area (Å²) in [5.41, 5.74) is 1.99. The topological polar surface area (TPSA) is 50.3 Å². The lowest BCUT2D eigenvalue weighted by Crippen LogP contribution is -2.18. The molecule has 1 heterocycles. The first-order valence-electron chi connectivity index (χ1n) is 7.18. The van der Waals surface area contributed by atoms with Crippen molar-refractivity contribution in [2.75, 3.05) is 19.1 Å². The summed E-state index contributed by atoms with van der Waals surface area (Å²) in [6, 6.07) is 8.58. The molecule has 5 heteroatoms. The van der Waals surface area contributed by atoms with Gasteiger partial charge in [-0.2, -0.15) is 0 Å². The summed E-state index contributed by atoms with van der Waals surface area (Å²) in [5.74, 6) is 1.66. The third kappa shape index (κ3) is 3.49. The van der Waals surface area contributed by atoms with Gasteiger partial charge in [0.25, 0.3) is 0 Å². The molecule has 0 radical (unpaired) electrons. The van der Waals surface area contributed by atoms with Crippen molar-refractivity contribution in [1.29, 1.82) is 0 Å². The lowest BCUT2D eigenvalue weighted by Gasteiger charge is -2.19. The number of nitrogens with one attached hydrogen (secondary N) is 1. The van der Waals surface area contributed by atoms with Crippen LogP contribution in [0.15, 0.2) is 36.7 Å². The molecule has 1 saturated carbocycles. The molecule has 0 spiro atoms. The first kappa shape index (κ1) is 13.8. The Morgan fingerprint density at radius 1 is 1.33 bits per heavy atom. The second kappa shape index (κ2) is 6.10. The number of rotatable bonds is 6. The zero-order chi connectivity index (χ0) is 14.7. The summed E-state index contributed by atoms with van der Waals surface area (Å²) in [7, 11) is 3.65. The number of hydrogen-bond donors (Lipinski definition) is 1. The molecule has 0 aliphatic heterocycles. The van der Waals surface area contributed by atoms with Crippen LogP contribution in [0.5, 0.6) is 5.75 Å². The molecule has 21 heavy (non-hydrogen) atoms. The molecular formula is C16H20N4O. The van der Waals surface area contributed by atoms with Crippen molar-refractivity contribution in [1.82, 2.24) is 15.3 Å². The Labute approximate surface area is 125 Å². The average molecular weight is 284 g/mol. The monoisotopic (exact) mass is 284 g/mol. The maximum absolute atomic E-state index is 5.26. The third-order valence-electron chi connectivity index (χ3n) is 3.61. The Morgan fingerprint density at radius 2 is 2.19 bits per heavy atom. The third-order valence-corrected chi connectivity index (χ3v) is 3.61. The summed E-state index contributed by atoms with van der Waals surface area (Å²) in [6.07, 6.45) is 6.14. The van der Waals surface area contributed by atoms with Gasteiger partial charge in [-0.25, -0.2) is 4.98 Å². The number of aromatic nitrogens is 2. The fourth-order valence-corrected chi connectivity index (χ4v) is 2.13. The second-order valence-electron chi connectivity index (χ2n) is 5.28. The zero-order valence-electron chi connectivity index (χ0n) is 12.4. The average Bonchev–Trinajstić information content (AvgIpc) is 3.37. The molecule has 1 aromatic carbocycles. The maximum Gasteiger partial charge on any atom is 0.151 e. The van der Waals surface area contributed by atoms with Gasteiger partial charge in [-0.15, -0.1) is 0 Å². The van der Waals surface area contributed by atoms with Crippen LogP contribution in [0.2, 0.25) is 0 Å². The van der Waals surface area contributed by atoms with Crippen LogP contribution in [0.1, 0.15) is 18.5 Å². The fraction of sp³-hybridized carbons (Fsp3) is 0.375. The van der Waals surface area contributed by atoms with Crippen molar-refractivity contribution in [3.05, 3.63) is 42.4 Å². The van der Waals surface area contributed by atoms with Gasteiger partial charge in [0.2, 0.25) is 0 Å². The van der Waals surface area contributed by atoms with Crippen LogP contribution in [0.4, 0.5) is 11.5 Å². The van der Waals surface area contributed by atoms with Crippen molar-refractivity contribution >= 4 is 11.5 Å². The summed E-state index contributed by atoms with van der Waals surface area (Å²) in [6.45, 7) is 0.775. The van der Waals surface area contributed by atoms with Crippen LogP contribution in [0, 0.1) is 0 Å². The highest BCUT2D eigenvalue weighted by atomic mass is 16.5. The van der Waals surface area contributed by atoms with E-state index >= 15 is 0 Å². The molecule has 0 atom stereocenters. The van der Waals surface area contributed by atoms with Gasteiger partial charge in [-0.1, -0.05) is 6.07 Å². The van der Waals surface area contributed by atoms with Crippen molar-refractivity contribution in [3.8, 4) is 5.75 Å². The Bertz CT molecular complexity index is 613. The van der Waals surface area contributed by atoms with Crippen molar-refractivity contribution in [3.63, 3.8) is 0 Å². The quantitative estimate of drug-likeness (QED) is 0.883. The van der Waals surface area contributed by atoms with E-state index in [1.165, 1.54) is 12.8 Å². The minimum atomic E-state index is 0.673. The standard InChI is InChI=1S/C16H20N4O/c1-20(14-4-3-5-15(8-14)21-2)16-11-17-9-13(19-16)10-18-12-6-7-12/h3-5,8-9,11-12,18H,6-7,10H2,1-2H3. The first-order valence-corrected chi connectivity index (χ1v) is 7.18. The van der Waals surface area contributed by atoms with Gasteiger partial charge >= 0.3 is 0 Å². The highest BCUT2D eigenvalue weighted by Crippen LogP contribution is 2.25. The van der Waals surface area contributed by atoms with Gasteiger partial charge in [0.15, 0.2) is 5.82 Å². The molecule has 110 valence electrons. The first-order chi connectivity index (χ1) is 10.3. The number of methoxy groups -OCH3 is 1. The van der Waals surface area contributed by atoms with Gasteiger partial charge in [-0.3, -0.25) is 4.98 Å². The van der Waals surface area contributed by atoms with Crippen LogP contribution in [0.25, 0.3) is 0 Å². The maximum atomic E-state index is 5.26. The van der Waals surface area contributed by atoms with Crippen LogP contribution in [-0.4, -0.2) is 30.2 Å². The minimum Gasteiger partial charge on any atom is -0.497 e. The summed E-state index contributed by atoms with van der Waals surface area (Å²) in [5, 5.41) is 3.46. The van der Waals surface area contributed by atoms with Crippen LogP contribution >= 0.6 is 0 Å². The van der Waals surface area contributed by atoms with Gasteiger partial charge in [0.1, 0.15) is 5.75 Å². The molecule has 2 aromatic rings. The Morgan fingerprint density at radius 3 is 2.95 bits per heavy atom. The molecule has 5 nitrogen and oxygen atoms in total. The predicted molar refractivity (Wildman–Crippen MR) is 83.0 cm³/mol. The largest absolute Gasteiger partial charge is 0.497 e. The molecule has 0 amide bonds. The van der Waals surface area contributed by atoms with Crippen LogP contribution in [-0.2, 0) is 6.54 Å². The van der Waals surface area contributed by atoms with E-state index in [4.69, 9.17) is 4.74 Å². The molecule has 0 saturated heterocycles. The summed E-state index contributed by atoms with van der Waals surface area (Å²) in [4.78, 5) is 11.0. The Balaban J connectivity index is 1.76. The van der Waals surface area contributed by atoms with Crippen molar-refractivity contribution < 1.29 is 4.74 Å². The summed E-state index contributed by atoms with van der Waals surface area (Å²) < 4.78 is 5.26. The van der Waals surface area contributed by atoms with Gasteiger partial charge in [0.05, 0.1) is 19.0 Å². The van der Waals surface area contributed by atoms with Gasteiger partial charge in [0, 0.05) is 37.6 Å². The minimum absolute atomic E-state index is 0.673. The van der Waals surface area contributed by atoms with E-state index < -0.39 is 0 Å². The van der Waals surface area contributed by atoms with Crippen LogP contribution in [0.3, 0.4) is 0 Å². The number of ether oxygens (including phenoxy) is 1. The van der Waals surface area contributed by atoms with E-state index in [1.807, 2.05) is 42.4 Å². The fourth-order valence-electron chi connectivity index (χ4n) is 2.13. The predicted octanol–water partition coefficient (Wildman–Crippen LogP) is 2.51. The molecule has 1 aliphatic carbocycles. The molecule has 0 unspecified atom stereocenters. The Kier molecular flexibility index (Phi) is 4.01. The zero-order valence-corrected chi connectivity index (χ0v) is 12.4. The normalized spacial score (nSPS) is 14.0. The van der Waals surface area contributed by atoms with E-state index in [0.717, 1.165) is 29.5 Å². The number of anilines is 2. The summed E-state index contributed by atoms with van der Waals surface area (Å²) >= 11 is 0. The molecule has 1 fully saturated rings. The number of nitrogens with zero attached hydrogens (tertiary/aromatic N) is 3. The van der Waals surface area contributed by atoms with Crippen molar-refractivity contribution in [2.24, 2.45) is 0 Å². The second-order valence-corrected chi connectivity index (χ2v) is 5.28. The van der Waals surface area contributed by atoms with Crippen LogP contribution < -0.4 is 15.0 Å². The molecule has 1 aromatic heterocycles. The lowest BCUT2D eigenvalue weighted by molar-refractivity contribution is 0.415. The molecule has 3 rings (SSSR count). The van der Waals surface area contributed by atoms with E-state index in [1.54, 1.807) is 13.3 Å². The van der Waals surface area contributed by atoms with Gasteiger partial charge in [-0.05, 0) is 25.0 Å². The Hall–Kier alpha value is -2.14. The number of benzene rings is 1. The molecular weight excluding hydrogens is 264 g/mol. The molecule has 0 bridgehead atoms. The highest BCUT2D eigenvalue weighted by Gasteiger charge is 2.20. The van der Waals surface area contributed by atoms with E-state index in [0.29, 0.717) is 6.04 Å². The van der Waals surface area contributed by atoms with Gasteiger partial charge < -0.3 is 15.0 Å². The molecule has 1 N–H and O–H groups in total. The van der Waals surface area contributed by atoms with E-state index in [2.05, 4.69) is 15.3 Å². The number of hydrogen-bond acceptors (Lipinski definition) is 5. The molecule has 1 aliphatic rings. The van der Waals surface area contributed by atoms with E-state index in [-0.39, 0.29) is 0 Å².